The number of hydrogen-bond donors (Lipinski definition) is 2. The van der Waals surface area contributed by atoms with E-state index in [0.29, 0.717) is 30.0 Å². The zero-order chi connectivity index (χ0) is 21.6. The number of aromatic nitrogens is 2. The molecule has 0 spiro atoms. The predicted molar refractivity (Wildman–Crippen MR) is 116 cm³/mol. The third-order valence-corrected chi connectivity index (χ3v) is 6.08. The molecule has 0 aliphatic heterocycles. The van der Waals surface area contributed by atoms with Gasteiger partial charge in [0.15, 0.2) is 0 Å². The van der Waals surface area contributed by atoms with Crippen LogP contribution in [0.1, 0.15) is 31.2 Å². The molecular formula is C21H28F3N5S. The Bertz CT molecular complexity index is 807. The Balaban J connectivity index is 1.42. The van der Waals surface area contributed by atoms with E-state index in [4.69, 9.17) is 0 Å². The van der Waals surface area contributed by atoms with Crippen LogP contribution in [0.15, 0.2) is 41.4 Å². The van der Waals surface area contributed by atoms with Gasteiger partial charge in [-0.2, -0.15) is 18.2 Å². The van der Waals surface area contributed by atoms with E-state index < -0.39 is 5.51 Å². The van der Waals surface area contributed by atoms with Gasteiger partial charge in [0.2, 0.25) is 5.95 Å². The summed E-state index contributed by atoms with van der Waals surface area (Å²) in [4.78, 5) is 11.0. The summed E-state index contributed by atoms with van der Waals surface area (Å²) in [6, 6.07) is 8.93. The molecular weight excluding hydrogens is 411 g/mol. The summed E-state index contributed by atoms with van der Waals surface area (Å²) in [5, 5.41) is 6.78. The molecule has 1 saturated carbocycles. The molecule has 1 aliphatic carbocycles. The second-order valence-corrected chi connectivity index (χ2v) is 8.89. The van der Waals surface area contributed by atoms with Crippen molar-refractivity contribution in [1.29, 1.82) is 0 Å². The molecule has 1 aliphatic rings. The summed E-state index contributed by atoms with van der Waals surface area (Å²) in [6.45, 7) is 1.26. The van der Waals surface area contributed by atoms with Crippen LogP contribution in [0, 0.1) is 5.92 Å². The molecule has 0 atom stereocenters. The second-order valence-electron chi connectivity index (χ2n) is 7.78. The van der Waals surface area contributed by atoms with Crippen LogP contribution in [0.5, 0.6) is 0 Å². The lowest BCUT2D eigenvalue weighted by Crippen LogP contribution is -2.31. The van der Waals surface area contributed by atoms with E-state index in [0.717, 1.165) is 38.0 Å². The standard InChI is InChI=1S/C21H28F3N5S/c1-29(2)19-11-12-26-20(28-19)27-17-9-7-15(8-10-17)13-25-14-16-5-3-4-6-18(16)30-21(22,23)24/h3-6,11-12,15,17,25H,7-10,13-14H2,1-2H3,(H,26,27,28)/t15-,17+. The molecule has 2 aromatic rings. The van der Waals surface area contributed by atoms with E-state index >= 15 is 0 Å². The highest BCUT2D eigenvalue weighted by molar-refractivity contribution is 8.00. The first-order valence-corrected chi connectivity index (χ1v) is 10.9. The lowest BCUT2D eigenvalue weighted by molar-refractivity contribution is -0.0328. The fourth-order valence-electron chi connectivity index (χ4n) is 3.65. The van der Waals surface area contributed by atoms with Crippen LogP contribution in [0.25, 0.3) is 0 Å². The average Bonchev–Trinajstić information content (AvgIpc) is 2.70. The van der Waals surface area contributed by atoms with Gasteiger partial charge in [-0.1, -0.05) is 18.2 Å². The van der Waals surface area contributed by atoms with E-state index in [9.17, 15) is 13.2 Å². The van der Waals surface area contributed by atoms with Crippen molar-refractivity contribution in [3.05, 3.63) is 42.1 Å². The van der Waals surface area contributed by atoms with E-state index in [1.54, 1.807) is 24.4 Å². The number of rotatable bonds is 8. The Labute approximate surface area is 179 Å². The molecule has 0 unspecified atom stereocenters. The Morgan fingerprint density at radius 3 is 2.53 bits per heavy atom. The third-order valence-electron chi connectivity index (χ3n) is 5.23. The molecule has 1 aromatic heterocycles. The molecule has 0 amide bonds. The van der Waals surface area contributed by atoms with Gasteiger partial charge < -0.3 is 15.5 Å². The van der Waals surface area contributed by atoms with E-state index in [1.165, 1.54) is 6.07 Å². The van der Waals surface area contributed by atoms with Crippen LogP contribution in [0.3, 0.4) is 0 Å². The maximum Gasteiger partial charge on any atom is 0.446 e. The first-order valence-electron chi connectivity index (χ1n) is 10.1. The van der Waals surface area contributed by atoms with Gasteiger partial charge in [-0.05, 0) is 67.6 Å². The number of thioether (sulfide) groups is 1. The highest BCUT2D eigenvalue weighted by Crippen LogP contribution is 2.38. The van der Waals surface area contributed by atoms with Crippen LogP contribution in [-0.2, 0) is 6.54 Å². The molecule has 30 heavy (non-hydrogen) atoms. The molecule has 0 bridgehead atoms. The SMILES string of the molecule is CN(C)c1ccnc(N[C@H]2CC[C@@H](CNCc3ccccc3SC(F)(F)F)CC2)n1. The fourth-order valence-corrected chi connectivity index (χ4v) is 4.31. The first kappa shape index (κ1) is 22.7. The minimum atomic E-state index is -4.27. The van der Waals surface area contributed by atoms with Gasteiger partial charge in [-0.15, -0.1) is 0 Å². The van der Waals surface area contributed by atoms with Crippen molar-refractivity contribution in [2.45, 2.75) is 48.7 Å². The maximum atomic E-state index is 12.7. The molecule has 164 valence electrons. The minimum Gasteiger partial charge on any atom is -0.363 e. The quantitative estimate of drug-likeness (QED) is 0.570. The molecule has 0 saturated heterocycles. The molecule has 5 nitrogen and oxygen atoms in total. The summed E-state index contributed by atoms with van der Waals surface area (Å²) in [7, 11) is 3.90. The van der Waals surface area contributed by atoms with E-state index in [2.05, 4.69) is 20.6 Å². The van der Waals surface area contributed by atoms with Crippen molar-refractivity contribution in [3.8, 4) is 0 Å². The van der Waals surface area contributed by atoms with Crippen LogP contribution < -0.4 is 15.5 Å². The molecule has 1 fully saturated rings. The summed E-state index contributed by atoms with van der Waals surface area (Å²) in [6.07, 6.45) is 5.95. The minimum absolute atomic E-state index is 0.0459. The van der Waals surface area contributed by atoms with Gasteiger partial charge >= 0.3 is 5.51 Å². The number of nitrogens with zero attached hydrogens (tertiary/aromatic N) is 3. The summed E-state index contributed by atoms with van der Waals surface area (Å²) >= 11 is -0.0459. The number of hydrogen-bond acceptors (Lipinski definition) is 6. The lowest BCUT2D eigenvalue weighted by atomic mass is 9.86. The van der Waals surface area contributed by atoms with E-state index in [1.807, 2.05) is 25.1 Å². The van der Waals surface area contributed by atoms with Crippen molar-refractivity contribution in [1.82, 2.24) is 15.3 Å². The Kier molecular flexibility index (Phi) is 7.82. The van der Waals surface area contributed by atoms with Crippen molar-refractivity contribution in [3.63, 3.8) is 0 Å². The fraction of sp³-hybridized carbons (Fsp3) is 0.524. The summed E-state index contributed by atoms with van der Waals surface area (Å²) < 4.78 is 38.1. The highest BCUT2D eigenvalue weighted by atomic mass is 32.2. The van der Waals surface area contributed by atoms with Crippen LogP contribution in [0.2, 0.25) is 0 Å². The topological polar surface area (TPSA) is 53.1 Å². The van der Waals surface area contributed by atoms with Gasteiger partial charge in [-0.3, -0.25) is 0 Å². The average molecular weight is 440 g/mol. The number of benzene rings is 1. The Morgan fingerprint density at radius 2 is 1.83 bits per heavy atom. The van der Waals surface area contributed by atoms with Crippen LogP contribution in [0.4, 0.5) is 24.9 Å². The number of alkyl halides is 3. The van der Waals surface area contributed by atoms with Crippen LogP contribution in [-0.4, -0.2) is 42.2 Å². The van der Waals surface area contributed by atoms with Crippen molar-refractivity contribution in [2.24, 2.45) is 5.92 Å². The monoisotopic (exact) mass is 439 g/mol. The van der Waals surface area contributed by atoms with Gasteiger partial charge in [0, 0.05) is 37.8 Å². The third kappa shape index (κ3) is 7.05. The van der Waals surface area contributed by atoms with Gasteiger partial charge in [0.1, 0.15) is 5.82 Å². The highest BCUT2D eigenvalue weighted by Gasteiger charge is 2.30. The second kappa shape index (κ2) is 10.3. The van der Waals surface area contributed by atoms with Crippen LogP contribution >= 0.6 is 11.8 Å². The molecule has 0 radical (unpaired) electrons. The van der Waals surface area contributed by atoms with Crippen molar-refractivity contribution >= 4 is 23.5 Å². The van der Waals surface area contributed by atoms with Crippen molar-refractivity contribution in [2.75, 3.05) is 30.9 Å². The maximum absolute atomic E-state index is 12.7. The number of anilines is 2. The number of halogens is 3. The van der Waals surface area contributed by atoms with Gasteiger partial charge in [0.05, 0.1) is 0 Å². The predicted octanol–water partition coefficient (Wildman–Crippen LogP) is 4.92. The molecule has 1 aromatic carbocycles. The molecule has 9 heteroatoms. The largest absolute Gasteiger partial charge is 0.446 e. The smallest absolute Gasteiger partial charge is 0.363 e. The normalized spacial score (nSPS) is 19.5. The van der Waals surface area contributed by atoms with Gasteiger partial charge in [-0.25, -0.2) is 4.98 Å². The summed E-state index contributed by atoms with van der Waals surface area (Å²) in [5.41, 5.74) is -3.58. The molecule has 1 heterocycles. The summed E-state index contributed by atoms with van der Waals surface area (Å²) in [5.74, 6) is 2.05. The zero-order valence-corrected chi connectivity index (χ0v) is 18.1. The molecule has 2 N–H and O–H groups in total. The van der Waals surface area contributed by atoms with Crippen molar-refractivity contribution < 1.29 is 13.2 Å². The zero-order valence-electron chi connectivity index (χ0n) is 17.2. The van der Waals surface area contributed by atoms with Gasteiger partial charge in [0.25, 0.3) is 0 Å². The van der Waals surface area contributed by atoms with E-state index in [-0.39, 0.29) is 16.7 Å². The number of nitrogens with one attached hydrogen (secondary N) is 2. The Morgan fingerprint density at radius 1 is 1.10 bits per heavy atom. The molecule has 3 rings (SSSR count). The Hall–Kier alpha value is -2.00. The first-order chi connectivity index (χ1) is 14.3. The lowest BCUT2D eigenvalue weighted by Gasteiger charge is -2.29.